The van der Waals surface area contributed by atoms with Gasteiger partial charge >= 0.3 is 5.97 Å². The molecule has 1 fully saturated rings. The lowest BCUT2D eigenvalue weighted by atomic mass is 9.62. The molecule has 5 nitrogen and oxygen atoms in total. The van der Waals surface area contributed by atoms with Crippen molar-refractivity contribution in [3.63, 3.8) is 0 Å². The van der Waals surface area contributed by atoms with Crippen molar-refractivity contribution in [2.45, 2.75) is 71.3 Å². The van der Waals surface area contributed by atoms with E-state index in [4.69, 9.17) is 5.11 Å². The molecule has 1 heterocycles. The van der Waals surface area contributed by atoms with Crippen molar-refractivity contribution in [1.29, 1.82) is 0 Å². The smallest absolute Gasteiger partial charge is 0.335 e. The lowest BCUT2D eigenvalue weighted by Gasteiger charge is -2.46. The zero-order valence-corrected chi connectivity index (χ0v) is 22.6. The quantitative estimate of drug-likeness (QED) is 0.390. The van der Waals surface area contributed by atoms with Gasteiger partial charge in [-0.15, -0.1) is 0 Å². The summed E-state index contributed by atoms with van der Waals surface area (Å²) in [7, 11) is 0. The Morgan fingerprint density at radius 1 is 0.889 bits per heavy atom. The minimum absolute atomic E-state index is 0.00598. The molecule has 1 saturated heterocycles. The molecule has 0 spiro atoms. The average molecular weight is 489 g/mol. The molecular weight excluding hydrogens is 448 g/mol. The molecule has 0 bridgehead atoms. The van der Waals surface area contributed by atoms with E-state index in [2.05, 4.69) is 63.5 Å². The van der Waals surface area contributed by atoms with Crippen molar-refractivity contribution in [3.05, 3.63) is 70.3 Å². The van der Waals surface area contributed by atoms with Crippen LogP contribution in [0, 0.1) is 0 Å². The summed E-state index contributed by atoms with van der Waals surface area (Å²) in [5, 5.41) is 9.11. The maximum Gasteiger partial charge on any atom is 0.335 e. The molecule has 36 heavy (non-hydrogen) atoms. The Bertz CT molecular complexity index is 1170. The largest absolute Gasteiger partial charge is 0.478 e. The Morgan fingerprint density at radius 3 is 2.08 bits per heavy atom. The van der Waals surface area contributed by atoms with Crippen LogP contribution in [-0.4, -0.2) is 54.0 Å². The van der Waals surface area contributed by atoms with Gasteiger partial charge in [-0.05, 0) is 84.6 Å². The lowest BCUT2D eigenvalue weighted by Crippen LogP contribution is -2.50. The van der Waals surface area contributed by atoms with E-state index in [0.717, 1.165) is 50.1 Å². The zero-order valence-electron chi connectivity index (χ0n) is 22.6. The van der Waals surface area contributed by atoms with Gasteiger partial charge in [0.1, 0.15) is 0 Å². The van der Waals surface area contributed by atoms with E-state index < -0.39 is 5.97 Å². The maximum atomic E-state index is 13.4. The number of hydrogen-bond donors (Lipinski definition) is 1. The molecule has 2 aliphatic rings. The van der Waals surface area contributed by atoms with E-state index in [1.54, 1.807) is 36.4 Å². The average Bonchev–Trinajstić information content (AvgIpc) is 2.85. The summed E-state index contributed by atoms with van der Waals surface area (Å²) < 4.78 is 0. The van der Waals surface area contributed by atoms with Crippen molar-refractivity contribution in [1.82, 2.24) is 4.90 Å². The molecule has 1 N–H and O–H groups in total. The Kier molecular flexibility index (Phi) is 7.16. The molecular formula is C31H40N2O3. The van der Waals surface area contributed by atoms with Crippen molar-refractivity contribution in [2.75, 3.05) is 31.1 Å². The van der Waals surface area contributed by atoms with Crippen molar-refractivity contribution in [2.24, 2.45) is 0 Å². The summed E-state index contributed by atoms with van der Waals surface area (Å²) in [6, 6.07) is 11.4. The van der Waals surface area contributed by atoms with Crippen LogP contribution in [0.5, 0.6) is 0 Å². The number of carbonyl (C=O) groups excluding carboxylic acids is 1. The van der Waals surface area contributed by atoms with Crippen LogP contribution in [0.15, 0.2) is 42.5 Å². The number of carboxylic acid groups (broad SMARTS) is 1. The molecule has 0 unspecified atom stereocenters. The topological polar surface area (TPSA) is 60.9 Å². The van der Waals surface area contributed by atoms with Gasteiger partial charge in [0, 0.05) is 43.5 Å². The first-order chi connectivity index (χ1) is 16.9. The van der Waals surface area contributed by atoms with Crippen LogP contribution in [0.4, 0.5) is 5.69 Å². The highest BCUT2D eigenvalue weighted by molar-refractivity contribution is 6.07. The van der Waals surface area contributed by atoms with Gasteiger partial charge in [-0.1, -0.05) is 45.9 Å². The molecule has 0 atom stereocenters. The third-order valence-corrected chi connectivity index (χ3v) is 8.15. The number of piperazine rings is 1. The fraction of sp³-hybridized carbons (Fsp3) is 0.484. The number of benzene rings is 2. The summed E-state index contributed by atoms with van der Waals surface area (Å²) in [5.41, 5.74) is 5.74. The normalized spacial score (nSPS) is 19.5. The lowest BCUT2D eigenvalue weighted by molar-refractivity contribution is 0.0696. The summed E-state index contributed by atoms with van der Waals surface area (Å²) in [6.45, 7) is 17.8. The van der Waals surface area contributed by atoms with Crippen LogP contribution in [0.1, 0.15) is 91.8 Å². The number of anilines is 1. The molecule has 0 amide bonds. The summed E-state index contributed by atoms with van der Waals surface area (Å²) in [4.78, 5) is 29.5. The van der Waals surface area contributed by atoms with E-state index in [0.29, 0.717) is 6.04 Å². The fourth-order valence-electron chi connectivity index (χ4n) is 5.63. The van der Waals surface area contributed by atoms with Crippen molar-refractivity contribution < 1.29 is 14.7 Å². The van der Waals surface area contributed by atoms with Crippen LogP contribution < -0.4 is 4.90 Å². The number of fused-ring (bicyclic) bond motifs is 1. The number of allylic oxidation sites excluding steroid dienone is 1. The zero-order chi connectivity index (χ0) is 26.3. The molecule has 1 aliphatic heterocycles. The van der Waals surface area contributed by atoms with Crippen LogP contribution in [0.3, 0.4) is 0 Å². The summed E-state index contributed by atoms with van der Waals surface area (Å²) in [5.74, 6) is -0.982. The number of aromatic carboxylic acids is 1. The molecule has 0 radical (unpaired) electrons. The van der Waals surface area contributed by atoms with Crippen molar-refractivity contribution in [3.8, 4) is 0 Å². The predicted octanol–water partition coefficient (Wildman–Crippen LogP) is 6.16. The highest BCUT2D eigenvalue weighted by Gasteiger charge is 2.40. The first kappa shape index (κ1) is 26.2. The third kappa shape index (κ3) is 5.27. The predicted molar refractivity (Wildman–Crippen MR) is 147 cm³/mol. The second kappa shape index (κ2) is 9.85. The van der Waals surface area contributed by atoms with Gasteiger partial charge in [0.15, 0.2) is 5.78 Å². The maximum absolute atomic E-state index is 13.4. The number of ketones is 1. The Morgan fingerprint density at radius 2 is 1.50 bits per heavy atom. The number of rotatable bonds is 6. The van der Waals surface area contributed by atoms with Gasteiger partial charge in [-0.25, -0.2) is 4.79 Å². The molecule has 4 rings (SSSR count). The monoisotopic (exact) mass is 488 g/mol. The third-order valence-electron chi connectivity index (χ3n) is 8.15. The highest BCUT2D eigenvalue weighted by Crippen LogP contribution is 2.50. The van der Waals surface area contributed by atoms with E-state index in [1.807, 2.05) is 0 Å². The first-order valence-corrected chi connectivity index (χ1v) is 13.1. The highest BCUT2D eigenvalue weighted by atomic mass is 16.4. The van der Waals surface area contributed by atoms with E-state index >= 15 is 0 Å². The second-order valence-electron chi connectivity index (χ2n) is 11.9. The summed E-state index contributed by atoms with van der Waals surface area (Å²) >= 11 is 0. The number of carboxylic acids is 1. The van der Waals surface area contributed by atoms with Gasteiger partial charge in [0.25, 0.3) is 0 Å². The molecule has 2 aromatic carbocycles. The van der Waals surface area contributed by atoms with E-state index in [-0.39, 0.29) is 22.2 Å². The Hall–Kier alpha value is -2.92. The molecule has 0 saturated carbocycles. The van der Waals surface area contributed by atoms with Gasteiger partial charge in [0.2, 0.25) is 0 Å². The number of nitrogens with zero attached hydrogens (tertiary/aromatic N) is 2. The van der Waals surface area contributed by atoms with Gasteiger partial charge in [-0.3, -0.25) is 9.69 Å². The van der Waals surface area contributed by atoms with E-state index in [9.17, 15) is 9.59 Å². The minimum atomic E-state index is -0.956. The molecule has 1 aliphatic carbocycles. The van der Waals surface area contributed by atoms with Gasteiger partial charge in [0.05, 0.1) is 5.56 Å². The fourth-order valence-corrected chi connectivity index (χ4v) is 5.63. The van der Waals surface area contributed by atoms with Crippen LogP contribution in [0.2, 0.25) is 0 Å². The molecule has 0 aromatic heterocycles. The summed E-state index contributed by atoms with van der Waals surface area (Å²) in [6.07, 6.45) is 5.60. The Labute approximate surface area is 215 Å². The van der Waals surface area contributed by atoms with Crippen molar-refractivity contribution >= 4 is 23.5 Å². The SMILES string of the molecule is CC(C)N1CCN(c2cc(C(=O)C=Cc3ccc(C(=O)O)cc3)cc3c2C(C)(C)CCC3(C)C)CC1. The van der Waals surface area contributed by atoms with Gasteiger partial charge in [-0.2, -0.15) is 0 Å². The van der Waals surface area contributed by atoms with Gasteiger partial charge < -0.3 is 10.0 Å². The standard InChI is InChI=1S/C31H40N2O3/c1-21(2)32-15-17-33(18-16-32)26-20-24(19-25-28(26)31(5,6)14-13-30(25,3)4)27(34)12-9-22-7-10-23(11-8-22)29(35)36/h7-12,19-21H,13-18H2,1-6H3,(H,35,36). The van der Waals surface area contributed by atoms with Crippen LogP contribution in [-0.2, 0) is 10.8 Å². The Balaban J connectivity index is 1.71. The number of hydrogen-bond acceptors (Lipinski definition) is 4. The second-order valence-corrected chi connectivity index (χ2v) is 11.9. The number of carbonyl (C=O) groups is 2. The van der Waals surface area contributed by atoms with Crippen LogP contribution in [0.25, 0.3) is 6.08 Å². The molecule has 192 valence electrons. The molecule has 2 aromatic rings. The first-order valence-electron chi connectivity index (χ1n) is 13.1. The minimum Gasteiger partial charge on any atom is -0.478 e. The van der Waals surface area contributed by atoms with E-state index in [1.165, 1.54) is 16.8 Å². The molecule has 5 heteroatoms. The van der Waals surface area contributed by atoms with Crippen LogP contribution >= 0.6 is 0 Å².